The maximum Gasteiger partial charge on any atom is 0.337 e. The Morgan fingerprint density at radius 1 is 1.23 bits per heavy atom. The van der Waals surface area contributed by atoms with E-state index in [2.05, 4.69) is 5.32 Å². The number of nitrogens with one attached hydrogen (secondary N) is 1. The van der Waals surface area contributed by atoms with Crippen LogP contribution in [0, 0.1) is 6.92 Å². The molecule has 6 heteroatoms. The molecule has 116 valence electrons. The maximum atomic E-state index is 12.3. The number of aryl methyl sites for hydroxylation is 1. The molecule has 0 aliphatic rings. The normalized spacial score (nSPS) is 10.2. The summed E-state index contributed by atoms with van der Waals surface area (Å²) in [5.41, 5.74) is 2.49. The molecular weight excluding hydrogens is 300 g/mol. The van der Waals surface area contributed by atoms with Crippen molar-refractivity contribution in [3.05, 3.63) is 45.6 Å². The number of benzene rings is 1. The fourth-order valence-electron chi connectivity index (χ4n) is 2.06. The molecule has 0 saturated heterocycles. The van der Waals surface area contributed by atoms with E-state index < -0.39 is 5.97 Å². The van der Waals surface area contributed by atoms with E-state index in [4.69, 9.17) is 4.74 Å². The van der Waals surface area contributed by atoms with Gasteiger partial charge in [-0.15, -0.1) is 11.3 Å². The summed E-state index contributed by atoms with van der Waals surface area (Å²) in [7, 11) is 5.04. The minimum Gasteiger partial charge on any atom is -0.465 e. The molecule has 22 heavy (non-hydrogen) atoms. The molecule has 5 nitrogen and oxygen atoms in total. The van der Waals surface area contributed by atoms with Crippen molar-refractivity contribution in [3.8, 4) is 0 Å². The minimum absolute atomic E-state index is 0.160. The summed E-state index contributed by atoms with van der Waals surface area (Å²) in [4.78, 5) is 26.8. The number of carbonyl (C=O) groups is 2. The largest absolute Gasteiger partial charge is 0.465 e. The van der Waals surface area contributed by atoms with Crippen molar-refractivity contribution in [3.63, 3.8) is 0 Å². The van der Waals surface area contributed by atoms with Crippen LogP contribution in [0.5, 0.6) is 0 Å². The van der Waals surface area contributed by atoms with Gasteiger partial charge in [0.2, 0.25) is 0 Å². The van der Waals surface area contributed by atoms with E-state index in [1.54, 1.807) is 24.3 Å². The van der Waals surface area contributed by atoms with Gasteiger partial charge >= 0.3 is 5.97 Å². The Morgan fingerprint density at radius 2 is 1.95 bits per heavy atom. The van der Waals surface area contributed by atoms with Gasteiger partial charge in [-0.1, -0.05) is 0 Å². The number of ether oxygens (including phenoxy) is 1. The van der Waals surface area contributed by atoms with Crippen LogP contribution >= 0.6 is 11.3 Å². The van der Waals surface area contributed by atoms with Crippen molar-refractivity contribution in [2.24, 2.45) is 0 Å². The van der Waals surface area contributed by atoms with Crippen LogP contribution in [0.3, 0.4) is 0 Å². The van der Waals surface area contributed by atoms with Gasteiger partial charge in [-0.25, -0.2) is 4.79 Å². The lowest BCUT2D eigenvalue weighted by atomic mass is 10.1. The molecule has 1 N–H and O–H groups in total. The monoisotopic (exact) mass is 318 g/mol. The molecule has 0 aliphatic heterocycles. The third-order valence-electron chi connectivity index (χ3n) is 3.25. The van der Waals surface area contributed by atoms with Crippen molar-refractivity contribution < 1.29 is 14.3 Å². The first-order valence-corrected chi connectivity index (χ1v) is 7.57. The zero-order valence-corrected chi connectivity index (χ0v) is 13.8. The van der Waals surface area contributed by atoms with Crippen LogP contribution in [0.4, 0.5) is 11.4 Å². The Morgan fingerprint density at radius 3 is 2.50 bits per heavy atom. The molecule has 1 aromatic carbocycles. The number of anilines is 2. The number of carbonyl (C=O) groups excluding carboxylic acids is 2. The fraction of sp³-hybridized carbons (Fsp3) is 0.250. The molecule has 0 radical (unpaired) electrons. The Kier molecular flexibility index (Phi) is 4.82. The van der Waals surface area contributed by atoms with Crippen LogP contribution in [-0.4, -0.2) is 33.1 Å². The van der Waals surface area contributed by atoms with Crippen LogP contribution in [0.15, 0.2) is 29.6 Å². The van der Waals surface area contributed by atoms with E-state index in [9.17, 15) is 9.59 Å². The number of thiophene rings is 1. The zero-order valence-electron chi connectivity index (χ0n) is 13.0. The molecule has 0 saturated carbocycles. The summed E-state index contributed by atoms with van der Waals surface area (Å²) in [6, 6.07) is 6.84. The number of hydrogen-bond donors (Lipinski definition) is 1. The molecular formula is C16H18N2O3S. The van der Waals surface area contributed by atoms with Crippen molar-refractivity contribution in [1.82, 2.24) is 0 Å². The molecule has 0 bridgehead atoms. The highest BCUT2D eigenvalue weighted by Gasteiger charge is 2.15. The Labute approximate surface area is 133 Å². The first-order valence-electron chi connectivity index (χ1n) is 6.69. The summed E-state index contributed by atoms with van der Waals surface area (Å²) in [5.74, 6) is -0.567. The average Bonchev–Trinajstić information content (AvgIpc) is 2.92. The highest BCUT2D eigenvalue weighted by Crippen LogP contribution is 2.27. The highest BCUT2D eigenvalue weighted by molar-refractivity contribution is 7.10. The van der Waals surface area contributed by atoms with E-state index in [-0.39, 0.29) is 5.91 Å². The average molecular weight is 318 g/mol. The van der Waals surface area contributed by atoms with Crippen molar-refractivity contribution in [1.29, 1.82) is 0 Å². The molecule has 0 spiro atoms. The zero-order chi connectivity index (χ0) is 16.3. The first kappa shape index (κ1) is 16.0. The van der Waals surface area contributed by atoms with Crippen LogP contribution in [0.25, 0.3) is 0 Å². The molecule has 0 unspecified atom stereocenters. The van der Waals surface area contributed by atoms with Gasteiger partial charge in [-0.05, 0) is 36.6 Å². The lowest BCUT2D eigenvalue weighted by molar-refractivity contribution is 0.0600. The number of nitrogens with zero attached hydrogens (tertiary/aromatic N) is 1. The van der Waals surface area contributed by atoms with Gasteiger partial charge in [0, 0.05) is 19.0 Å². The van der Waals surface area contributed by atoms with E-state index in [0.29, 0.717) is 16.8 Å². The van der Waals surface area contributed by atoms with E-state index in [1.165, 1.54) is 18.4 Å². The highest BCUT2D eigenvalue weighted by atomic mass is 32.1. The lowest BCUT2D eigenvalue weighted by Gasteiger charge is -2.19. The van der Waals surface area contributed by atoms with Gasteiger partial charge < -0.3 is 15.0 Å². The third-order valence-corrected chi connectivity index (χ3v) is 4.10. The Balaban J connectivity index is 2.33. The lowest BCUT2D eigenvalue weighted by Crippen LogP contribution is -2.17. The molecule has 0 fully saturated rings. The Bertz CT molecular complexity index is 707. The van der Waals surface area contributed by atoms with Gasteiger partial charge in [-0.2, -0.15) is 0 Å². The van der Waals surface area contributed by atoms with Gasteiger partial charge in [0.25, 0.3) is 5.91 Å². The molecule has 2 aromatic rings. The summed E-state index contributed by atoms with van der Waals surface area (Å²) in [5, 5.41) is 4.78. The van der Waals surface area contributed by atoms with Gasteiger partial charge in [0.15, 0.2) is 0 Å². The van der Waals surface area contributed by atoms with Crippen molar-refractivity contribution in [2.75, 3.05) is 31.4 Å². The number of rotatable bonds is 4. The van der Waals surface area contributed by atoms with Crippen molar-refractivity contribution in [2.45, 2.75) is 6.92 Å². The topological polar surface area (TPSA) is 58.6 Å². The molecule has 0 aliphatic carbocycles. The summed E-state index contributed by atoms with van der Waals surface area (Å²) in [6.07, 6.45) is 0. The first-order chi connectivity index (χ1) is 10.4. The summed E-state index contributed by atoms with van der Waals surface area (Å²) >= 11 is 1.53. The predicted molar refractivity (Wildman–Crippen MR) is 89.1 cm³/mol. The standard InChI is InChI=1S/C16H18N2O3S/c1-10-12(7-8-22-10)15(19)17-13-6-5-11(16(20)21-4)9-14(13)18(2)3/h5-9H,1-4H3,(H,17,19). The minimum atomic E-state index is -0.408. The summed E-state index contributed by atoms with van der Waals surface area (Å²) in [6.45, 7) is 1.91. The van der Waals surface area contributed by atoms with Crippen LogP contribution < -0.4 is 10.2 Å². The smallest absolute Gasteiger partial charge is 0.337 e. The Hall–Kier alpha value is -2.34. The van der Waals surface area contributed by atoms with Gasteiger partial charge in [-0.3, -0.25) is 4.79 Å². The molecule has 0 atom stereocenters. The van der Waals surface area contributed by atoms with E-state index in [1.807, 2.05) is 31.3 Å². The number of amides is 1. The van der Waals surface area contributed by atoms with Gasteiger partial charge in [0.1, 0.15) is 0 Å². The fourth-order valence-corrected chi connectivity index (χ4v) is 2.76. The molecule has 1 aromatic heterocycles. The van der Waals surface area contributed by atoms with Crippen LogP contribution in [-0.2, 0) is 4.74 Å². The SMILES string of the molecule is COC(=O)c1ccc(NC(=O)c2ccsc2C)c(N(C)C)c1. The quantitative estimate of drug-likeness (QED) is 0.880. The number of esters is 1. The maximum absolute atomic E-state index is 12.3. The molecule has 1 amide bonds. The number of hydrogen-bond acceptors (Lipinski definition) is 5. The second-order valence-electron chi connectivity index (χ2n) is 4.96. The van der Waals surface area contributed by atoms with E-state index in [0.717, 1.165) is 10.6 Å². The summed E-state index contributed by atoms with van der Waals surface area (Å²) < 4.78 is 4.72. The second kappa shape index (κ2) is 6.62. The molecule has 1 heterocycles. The predicted octanol–water partition coefficient (Wildman–Crippen LogP) is 3.16. The van der Waals surface area contributed by atoms with E-state index >= 15 is 0 Å². The van der Waals surface area contributed by atoms with Crippen molar-refractivity contribution >= 4 is 34.6 Å². The third kappa shape index (κ3) is 3.28. The second-order valence-corrected chi connectivity index (χ2v) is 6.08. The van der Waals surface area contributed by atoms with Crippen LogP contribution in [0.1, 0.15) is 25.6 Å². The molecule has 2 rings (SSSR count). The van der Waals surface area contributed by atoms with Crippen LogP contribution in [0.2, 0.25) is 0 Å². The number of methoxy groups -OCH3 is 1. The van der Waals surface area contributed by atoms with Gasteiger partial charge in [0.05, 0.1) is 29.6 Å².